The first kappa shape index (κ1) is 18.8. The predicted octanol–water partition coefficient (Wildman–Crippen LogP) is 0.0823. The average molecular weight is 377 g/mol. The Kier molecular flexibility index (Phi) is 4.64. The molecule has 2 saturated heterocycles. The number of methoxy groups -OCH3 is 3. The van der Waals surface area contributed by atoms with Crippen molar-refractivity contribution in [3.63, 3.8) is 0 Å². The second kappa shape index (κ2) is 6.66. The minimum atomic E-state index is -2.35. The van der Waals surface area contributed by atoms with Crippen LogP contribution in [0.15, 0.2) is 24.3 Å². The molecule has 0 saturated carbocycles. The second-order valence-electron chi connectivity index (χ2n) is 6.27. The largest absolute Gasteiger partial charge is 0.497 e. The Morgan fingerprint density at radius 3 is 2.04 bits per heavy atom. The molecule has 2 amide bonds. The molecule has 144 valence electrons. The molecule has 0 radical (unpaired) electrons. The summed E-state index contributed by atoms with van der Waals surface area (Å²) >= 11 is 0. The molecular weight excluding hydrogens is 358 g/mol. The topological polar surface area (TPSA) is 108 Å². The SMILES string of the molecule is COC(=O)C1(C(=O)OC)O[C@@H](c2ccc(OC)cc2)[C@@H]2C(=O)N(C)C(=O)[C@H]21. The van der Waals surface area contributed by atoms with Crippen molar-refractivity contribution in [3.05, 3.63) is 29.8 Å². The van der Waals surface area contributed by atoms with Crippen LogP contribution in [0.25, 0.3) is 0 Å². The van der Waals surface area contributed by atoms with E-state index in [9.17, 15) is 19.2 Å². The number of imide groups is 1. The maximum atomic E-state index is 12.7. The van der Waals surface area contributed by atoms with Gasteiger partial charge in [-0.3, -0.25) is 14.5 Å². The molecule has 27 heavy (non-hydrogen) atoms. The summed E-state index contributed by atoms with van der Waals surface area (Å²) in [5, 5.41) is 0. The van der Waals surface area contributed by atoms with E-state index in [0.29, 0.717) is 11.3 Å². The standard InChI is InChI=1S/C18H19NO8/c1-19-14(20)11-12(15(19)21)18(16(22)25-3,17(23)26-4)27-13(11)9-5-7-10(24-2)8-6-9/h5-8,11-13H,1-4H3/t11-,12+,13+/m1/s1. The summed E-state index contributed by atoms with van der Waals surface area (Å²) in [5.74, 6) is -5.27. The van der Waals surface area contributed by atoms with Crippen LogP contribution >= 0.6 is 0 Å². The summed E-state index contributed by atoms with van der Waals surface area (Å²) in [5.41, 5.74) is -1.84. The lowest BCUT2D eigenvalue weighted by Gasteiger charge is -2.28. The number of hydrogen-bond donors (Lipinski definition) is 0. The molecule has 0 aliphatic carbocycles. The Hall–Kier alpha value is -2.94. The normalized spacial score (nSPS) is 25.9. The van der Waals surface area contributed by atoms with Crippen LogP contribution in [0.5, 0.6) is 5.75 Å². The number of rotatable bonds is 4. The van der Waals surface area contributed by atoms with Crippen LogP contribution in [0.4, 0.5) is 0 Å². The van der Waals surface area contributed by atoms with E-state index in [2.05, 4.69) is 0 Å². The Balaban J connectivity index is 2.16. The molecule has 0 aromatic heterocycles. The van der Waals surface area contributed by atoms with Gasteiger partial charge in [0.2, 0.25) is 11.8 Å². The molecule has 2 aliphatic heterocycles. The van der Waals surface area contributed by atoms with Gasteiger partial charge in [0.25, 0.3) is 5.60 Å². The van der Waals surface area contributed by atoms with Gasteiger partial charge in [0.1, 0.15) is 11.7 Å². The van der Waals surface area contributed by atoms with Crippen molar-refractivity contribution in [2.75, 3.05) is 28.4 Å². The first-order valence-electron chi connectivity index (χ1n) is 8.13. The van der Waals surface area contributed by atoms with Crippen LogP contribution in [0.2, 0.25) is 0 Å². The maximum Gasteiger partial charge on any atom is 0.350 e. The smallest absolute Gasteiger partial charge is 0.350 e. The second-order valence-corrected chi connectivity index (χ2v) is 6.27. The van der Waals surface area contributed by atoms with Gasteiger partial charge in [-0.25, -0.2) is 9.59 Å². The molecule has 1 aromatic carbocycles. The summed E-state index contributed by atoms with van der Waals surface area (Å²) in [4.78, 5) is 51.5. The number of carbonyl (C=O) groups excluding carboxylic acids is 4. The van der Waals surface area contributed by atoms with Crippen molar-refractivity contribution in [1.82, 2.24) is 4.90 Å². The molecule has 0 N–H and O–H groups in total. The van der Waals surface area contributed by atoms with Crippen molar-refractivity contribution < 1.29 is 38.1 Å². The van der Waals surface area contributed by atoms with E-state index in [1.54, 1.807) is 24.3 Å². The van der Waals surface area contributed by atoms with Crippen LogP contribution in [0.3, 0.4) is 0 Å². The number of likely N-dealkylation sites (tertiary alicyclic amines) is 1. The molecule has 0 spiro atoms. The van der Waals surface area contributed by atoms with Crippen molar-refractivity contribution in [3.8, 4) is 5.75 Å². The van der Waals surface area contributed by atoms with E-state index in [0.717, 1.165) is 19.1 Å². The third-order valence-corrected chi connectivity index (χ3v) is 5.07. The number of benzene rings is 1. The van der Waals surface area contributed by atoms with E-state index < -0.39 is 47.3 Å². The van der Waals surface area contributed by atoms with Crippen molar-refractivity contribution in [1.29, 1.82) is 0 Å². The summed E-state index contributed by atoms with van der Waals surface area (Å²) in [6.07, 6.45) is -1.01. The van der Waals surface area contributed by atoms with Crippen molar-refractivity contribution in [2.45, 2.75) is 11.7 Å². The van der Waals surface area contributed by atoms with Gasteiger partial charge in [0, 0.05) is 7.05 Å². The summed E-state index contributed by atoms with van der Waals surface area (Å²) < 4.78 is 20.4. The predicted molar refractivity (Wildman–Crippen MR) is 88.3 cm³/mol. The Morgan fingerprint density at radius 1 is 1.00 bits per heavy atom. The molecule has 0 unspecified atom stereocenters. The van der Waals surface area contributed by atoms with Gasteiger partial charge in [-0.2, -0.15) is 0 Å². The number of nitrogens with zero attached hydrogens (tertiary/aromatic N) is 1. The number of esters is 2. The van der Waals surface area contributed by atoms with Gasteiger partial charge >= 0.3 is 11.9 Å². The fourth-order valence-corrected chi connectivity index (χ4v) is 3.72. The highest BCUT2D eigenvalue weighted by atomic mass is 16.6. The number of carbonyl (C=O) groups is 4. The van der Waals surface area contributed by atoms with Gasteiger partial charge < -0.3 is 18.9 Å². The quantitative estimate of drug-likeness (QED) is 0.412. The first-order valence-corrected chi connectivity index (χ1v) is 8.13. The first-order chi connectivity index (χ1) is 12.8. The molecule has 0 bridgehead atoms. The molecule has 1 aromatic rings. The summed E-state index contributed by atoms with van der Waals surface area (Å²) in [6, 6.07) is 6.58. The number of amides is 2. The van der Waals surface area contributed by atoms with E-state index in [-0.39, 0.29) is 0 Å². The molecular formula is C18H19NO8. The zero-order valence-corrected chi connectivity index (χ0v) is 15.3. The Morgan fingerprint density at radius 2 is 1.56 bits per heavy atom. The molecule has 2 heterocycles. The molecule has 9 nitrogen and oxygen atoms in total. The van der Waals surface area contributed by atoms with E-state index in [4.69, 9.17) is 18.9 Å². The fraction of sp³-hybridized carbons (Fsp3) is 0.444. The molecule has 9 heteroatoms. The van der Waals surface area contributed by atoms with Crippen molar-refractivity contribution >= 4 is 23.8 Å². The Bertz CT molecular complexity index is 786. The summed E-state index contributed by atoms with van der Waals surface area (Å²) in [7, 11) is 4.94. The number of fused-ring (bicyclic) bond motifs is 1. The zero-order chi connectivity index (χ0) is 19.9. The number of hydrogen-bond acceptors (Lipinski definition) is 8. The van der Waals surface area contributed by atoms with Crippen LogP contribution in [0, 0.1) is 11.8 Å². The average Bonchev–Trinajstić information content (AvgIpc) is 3.17. The minimum Gasteiger partial charge on any atom is -0.497 e. The van der Waals surface area contributed by atoms with Crippen LogP contribution in [-0.4, -0.2) is 62.6 Å². The minimum absolute atomic E-state index is 0.511. The lowest BCUT2D eigenvalue weighted by atomic mass is 9.79. The van der Waals surface area contributed by atoms with Crippen molar-refractivity contribution in [2.24, 2.45) is 11.8 Å². The lowest BCUT2D eigenvalue weighted by Crippen LogP contribution is -2.55. The molecule has 3 atom stereocenters. The highest BCUT2D eigenvalue weighted by Gasteiger charge is 2.74. The van der Waals surface area contributed by atoms with Gasteiger partial charge in [-0.15, -0.1) is 0 Å². The molecule has 3 rings (SSSR count). The molecule has 2 fully saturated rings. The third-order valence-electron chi connectivity index (χ3n) is 5.07. The zero-order valence-electron chi connectivity index (χ0n) is 15.3. The summed E-state index contributed by atoms with van der Waals surface area (Å²) in [6.45, 7) is 0. The number of ether oxygens (including phenoxy) is 4. The van der Waals surface area contributed by atoms with Crippen LogP contribution in [-0.2, 0) is 33.4 Å². The van der Waals surface area contributed by atoms with Gasteiger partial charge in [0.05, 0.1) is 33.4 Å². The van der Waals surface area contributed by atoms with Gasteiger partial charge in [0.15, 0.2) is 0 Å². The highest BCUT2D eigenvalue weighted by Crippen LogP contribution is 2.53. The van der Waals surface area contributed by atoms with E-state index in [1.165, 1.54) is 14.2 Å². The van der Waals surface area contributed by atoms with Crippen LogP contribution in [0.1, 0.15) is 11.7 Å². The van der Waals surface area contributed by atoms with E-state index in [1.807, 2.05) is 0 Å². The van der Waals surface area contributed by atoms with Gasteiger partial charge in [-0.1, -0.05) is 12.1 Å². The maximum absolute atomic E-state index is 12.7. The Labute approximate surface area is 155 Å². The third kappa shape index (κ3) is 2.49. The fourth-order valence-electron chi connectivity index (χ4n) is 3.72. The molecule has 2 aliphatic rings. The van der Waals surface area contributed by atoms with E-state index >= 15 is 0 Å². The monoisotopic (exact) mass is 377 g/mol. The lowest BCUT2D eigenvalue weighted by molar-refractivity contribution is -0.192. The van der Waals surface area contributed by atoms with Crippen LogP contribution < -0.4 is 4.74 Å². The van der Waals surface area contributed by atoms with Gasteiger partial charge in [-0.05, 0) is 17.7 Å². The highest BCUT2D eigenvalue weighted by molar-refractivity contribution is 6.15.